The van der Waals surface area contributed by atoms with E-state index in [2.05, 4.69) is 18.7 Å². The topological polar surface area (TPSA) is 49.8 Å². The fourth-order valence-corrected chi connectivity index (χ4v) is 2.43. The Bertz CT molecular complexity index is 456. The molecule has 1 aromatic carbocycles. The fraction of sp³-hybridized carbons (Fsp3) is 0.533. The van der Waals surface area contributed by atoms with E-state index in [1.165, 1.54) is 6.42 Å². The molecule has 1 aromatic rings. The zero-order valence-electron chi connectivity index (χ0n) is 11.6. The van der Waals surface area contributed by atoms with Crippen molar-refractivity contribution >= 4 is 5.97 Å². The molecule has 0 unspecified atom stereocenters. The molecule has 0 aromatic heterocycles. The van der Waals surface area contributed by atoms with Crippen LogP contribution < -0.4 is 4.74 Å². The van der Waals surface area contributed by atoms with Crippen molar-refractivity contribution in [3.05, 3.63) is 29.8 Å². The van der Waals surface area contributed by atoms with Crippen molar-refractivity contribution in [2.24, 2.45) is 5.41 Å². The maximum atomic E-state index is 10.8. The summed E-state index contributed by atoms with van der Waals surface area (Å²) in [6.07, 6.45) is 1.22. The molecule has 0 spiro atoms. The summed E-state index contributed by atoms with van der Waals surface area (Å²) in [5.74, 6) is -0.301. The van der Waals surface area contributed by atoms with Crippen LogP contribution >= 0.6 is 0 Å². The first kappa shape index (κ1) is 13.9. The van der Waals surface area contributed by atoms with E-state index >= 15 is 0 Å². The third-order valence-electron chi connectivity index (χ3n) is 3.51. The van der Waals surface area contributed by atoms with Gasteiger partial charge in [-0.1, -0.05) is 19.9 Å². The van der Waals surface area contributed by atoms with Crippen LogP contribution in [0.3, 0.4) is 0 Å². The Morgan fingerprint density at radius 2 is 2.26 bits per heavy atom. The van der Waals surface area contributed by atoms with Gasteiger partial charge in [0.05, 0.1) is 5.56 Å². The summed E-state index contributed by atoms with van der Waals surface area (Å²) in [4.78, 5) is 13.2. The largest absolute Gasteiger partial charge is 0.492 e. The molecule has 1 aliphatic rings. The Kier molecular flexibility index (Phi) is 4.10. The first-order valence-corrected chi connectivity index (χ1v) is 6.65. The molecule has 19 heavy (non-hydrogen) atoms. The second-order valence-corrected chi connectivity index (χ2v) is 5.87. The Morgan fingerprint density at radius 1 is 1.47 bits per heavy atom. The highest BCUT2D eigenvalue weighted by molar-refractivity contribution is 5.87. The molecular weight excluding hydrogens is 242 g/mol. The van der Waals surface area contributed by atoms with Crippen LogP contribution in [0.25, 0.3) is 0 Å². The molecular formula is C15H21NO3. The number of rotatable bonds is 5. The van der Waals surface area contributed by atoms with Crippen molar-refractivity contribution in [1.82, 2.24) is 4.90 Å². The van der Waals surface area contributed by atoms with Crippen LogP contribution in [0.5, 0.6) is 5.75 Å². The average Bonchev–Trinajstić information content (AvgIpc) is 2.69. The van der Waals surface area contributed by atoms with E-state index in [0.29, 0.717) is 17.8 Å². The highest BCUT2D eigenvalue weighted by atomic mass is 16.5. The third-order valence-corrected chi connectivity index (χ3v) is 3.51. The summed E-state index contributed by atoms with van der Waals surface area (Å²) >= 11 is 0. The van der Waals surface area contributed by atoms with E-state index in [-0.39, 0.29) is 5.56 Å². The minimum absolute atomic E-state index is 0.264. The maximum Gasteiger partial charge on any atom is 0.335 e. The fourth-order valence-electron chi connectivity index (χ4n) is 2.43. The minimum atomic E-state index is -0.924. The molecule has 104 valence electrons. The van der Waals surface area contributed by atoms with Crippen molar-refractivity contribution in [3.8, 4) is 5.75 Å². The molecule has 0 saturated carbocycles. The first-order chi connectivity index (χ1) is 8.96. The number of nitrogens with zero attached hydrogens (tertiary/aromatic N) is 1. The standard InChI is InChI=1S/C15H21NO3/c1-15(2)6-7-16(11-15)8-9-19-13-5-3-4-12(10-13)14(17)18/h3-5,10H,6-9,11H2,1-2H3,(H,17,18). The number of likely N-dealkylation sites (tertiary alicyclic amines) is 1. The number of carboxylic acids is 1. The predicted octanol–water partition coefficient (Wildman–Crippen LogP) is 2.50. The van der Waals surface area contributed by atoms with Crippen LogP contribution in [0.1, 0.15) is 30.6 Å². The van der Waals surface area contributed by atoms with Gasteiger partial charge in [-0.05, 0) is 36.6 Å². The zero-order chi connectivity index (χ0) is 13.9. The van der Waals surface area contributed by atoms with Crippen LogP contribution in [0.4, 0.5) is 0 Å². The second-order valence-electron chi connectivity index (χ2n) is 5.87. The lowest BCUT2D eigenvalue weighted by atomic mass is 9.93. The Morgan fingerprint density at radius 3 is 2.89 bits per heavy atom. The van der Waals surface area contributed by atoms with Gasteiger partial charge in [0.1, 0.15) is 12.4 Å². The molecule has 0 radical (unpaired) electrons. The number of hydrogen-bond acceptors (Lipinski definition) is 3. The van der Waals surface area contributed by atoms with Crippen LogP contribution in [0, 0.1) is 5.41 Å². The van der Waals surface area contributed by atoms with E-state index in [9.17, 15) is 4.79 Å². The number of carboxylic acid groups (broad SMARTS) is 1. The number of carbonyl (C=O) groups is 1. The molecule has 1 N–H and O–H groups in total. The van der Waals surface area contributed by atoms with Crippen LogP contribution in [0.15, 0.2) is 24.3 Å². The van der Waals surface area contributed by atoms with Gasteiger partial charge in [0, 0.05) is 13.1 Å². The van der Waals surface area contributed by atoms with Crippen LogP contribution in [-0.2, 0) is 0 Å². The average molecular weight is 263 g/mol. The lowest BCUT2D eigenvalue weighted by Crippen LogP contribution is -2.27. The van der Waals surface area contributed by atoms with E-state index in [1.54, 1.807) is 24.3 Å². The minimum Gasteiger partial charge on any atom is -0.492 e. The molecule has 1 heterocycles. The number of aromatic carboxylic acids is 1. The van der Waals surface area contributed by atoms with Crippen molar-refractivity contribution in [3.63, 3.8) is 0 Å². The van der Waals surface area contributed by atoms with Crippen molar-refractivity contribution in [2.45, 2.75) is 20.3 Å². The number of benzene rings is 1. The Labute approximate surface area is 114 Å². The predicted molar refractivity (Wildman–Crippen MR) is 73.7 cm³/mol. The molecule has 0 atom stereocenters. The van der Waals surface area contributed by atoms with Gasteiger partial charge in [0.2, 0.25) is 0 Å². The SMILES string of the molecule is CC1(C)CCN(CCOc2cccc(C(=O)O)c2)C1. The molecule has 0 amide bonds. The van der Waals surface area contributed by atoms with Gasteiger partial charge in [0.25, 0.3) is 0 Å². The van der Waals surface area contributed by atoms with Gasteiger partial charge in [-0.3, -0.25) is 4.90 Å². The Hall–Kier alpha value is -1.55. The summed E-state index contributed by atoms with van der Waals surface area (Å²) in [7, 11) is 0. The first-order valence-electron chi connectivity index (χ1n) is 6.65. The highest BCUT2D eigenvalue weighted by Gasteiger charge is 2.28. The van der Waals surface area contributed by atoms with Gasteiger partial charge in [-0.25, -0.2) is 4.79 Å². The Balaban J connectivity index is 1.80. The van der Waals surface area contributed by atoms with Gasteiger partial charge in [-0.15, -0.1) is 0 Å². The van der Waals surface area contributed by atoms with Crippen LogP contribution in [0.2, 0.25) is 0 Å². The molecule has 0 aliphatic carbocycles. The summed E-state index contributed by atoms with van der Waals surface area (Å²) in [6.45, 7) is 8.27. The summed E-state index contributed by atoms with van der Waals surface area (Å²) in [5.41, 5.74) is 0.670. The van der Waals surface area contributed by atoms with Gasteiger partial charge < -0.3 is 9.84 Å². The van der Waals surface area contributed by atoms with E-state index < -0.39 is 5.97 Å². The molecule has 2 rings (SSSR count). The number of hydrogen-bond donors (Lipinski definition) is 1. The molecule has 1 aliphatic heterocycles. The van der Waals surface area contributed by atoms with E-state index in [0.717, 1.165) is 19.6 Å². The molecule has 0 bridgehead atoms. The monoisotopic (exact) mass is 263 g/mol. The second kappa shape index (κ2) is 5.61. The lowest BCUT2D eigenvalue weighted by molar-refractivity contribution is 0.0696. The smallest absolute Gasteiger partial charge is 0.335 e. The van der Waals surface area contributed by atoms with Gasteiger partial charge >= 0.3 is 5.97 Å². The molecule has 1 saturated heterocycles. The summed E-state index contributed by atoms with van der Waals surface area (Å²) in [6, 6.07) is 6.63. The van der Waals surface area contributed by atoms with E-state index in [1.807, 2.05) is 0 Å². The normalized spacial score (nSPS) is 18.4. The van der Waals surface area contributed by atoms with Crippen molar-refractivity contribution in [1.29, 1.82) is 0 Å². The zero-order valence-corrected chi connectivity index (χ0v) is 11.6. The van der Waals surface area contributed by atoms with Crippen molar-refractivity contribution in [2.75, 3.05) is 26.2 Å². The molecule has 4 nitrogen and oxygen atoms in total. The molecule has 4 heteroatoms. The summed E-state index contributed by atoms with van der Waals surface area (Å²) in [5, 5.41) is 8.90. The van der Waals surface area contributed by atoms with Gasteiger partial charge in [0.15, 0.2) is 0 Å². The highest BCUT2D eigenvalue weighted by Crippen LogP contribution is 2.28. The van der Waals surface area contributed by atoms with E-state index in [4.69, 9.17) is 9.84 Å². The van der Waals surface area contributed by atoms with Gasteiger partial charge in [-0.2, -0.15) is 0 Å². The number of ether oxygens (including phenoxy) is 1. The summed E-state index contributed by atoms with van der Waals surface area (Å²) < 4.78 is 5.62. The van der Waals surface area contributed by atoms with Crippen molar-refractivity contribution < 1.29 is 14.6 Å². The quantitative estimate of drug-likeness (QED) is 0.886. The third kappa shape index (κ3) is 3.96. The molecule has 1 fully saturated rings. The lowest BCUT2D eigenvalue weighted by Gasteiger charge is -2.19. The maximum absolute atomic E-state index is 10.8. The van der Waals surface area contributed by atoms with Crippen LogP contribution in [-0.4, -0.2) is 42.2 Å².